The number of carbonyl (C=O) groups is 1. The lowest BCUT2D eigenvalue weighted by Crippen LogP contribution is -2.15. The summed E-state index contributed by atoms with van der Waals surface area (Å²) in [6.45, 7) is 2.05. The molecule has 0 saturated heterocycles. The number of alkyl halides is 1. The molecule has 0 aliphatic rings. The Bertz CT molecular complexity index is 863. The molecule has 0 amide bonds. The van der Waals surface area contributed by atoms with Gasteiger partial charge in [-0.2, -0.15) is 8.42 Å². The van der Waals surface area contributed by atoms with E-state index in [0.29, 0.717) is 11.6 Å². The fourth-order valence-corrected chi connectivity index (χ4v) is 3.32. The van der Waals surface area contributed by atoms with Crippen LogP contribution in [0.3, 0.4) is 0 Å². The standard InChI is InChI=1S/C17H17ClO6S/c1-12-9-13(23-8-7-18)11-14(10-12)24-25(20,21)16-6-4-3-5-15(16)17(19)22-2/h3-6,9-11H,7-8H2,1-2H3. The molecule has 25 heavy (non-hydrogen) atoms. The summed E-state index contributed by atoms with van der Waals surface area (Å²) in [5.74, 6) is 0.0454. The molecule has 8 heteroatoms. The molecule has 0 bridgehead atoms. The fraction of sp³-hybridized carbons (Fsp3) is 0.235. The van der Waals surface area contributed by atoms with Gasteiger partial charge in [-0.3, -0.25) is 0 Å². The van der Waals surface area contributed by atoms with Crippen molar-refractivity contribution in [1.29, 1.82) is 0 Å². The molecule has 0 unspecified atom stereocenters. The van der Waals surface area contributed by atoms with Crippen LogP contribution < -0.4 is 8.92 Å². The van der Waals surface area contributed by atoms with Crippen molar-refractivity contribution in [2.75, 3.05) is 19.6 Å². The summed E-state index contributed by atoms with van der Waals surface area (Å²) in [6.07, 6.45) is 0. The van der Waals surface area contributed by atoms with Gasteiger partial charge in [0.2, 0.25) is 0 Å². The van der Waals surface area contributed by atoms with E-state index in [0.717, 1.165) is 5.56 Å². The predicted molar refractivity (Wildman–Crippen MR) is 93.0 cm³/mol. The number of esters is 1. The quantitative estimate of drug-likeness (QED) is 0.414. The van der Waals surface area contributed by atoms with Gasteiger partial charge < -0.3 is 13.7 Å². The summed E-state index contributed by atoms with van der Waals surface area (Å²) < 4.78 is 40.4. The van der Waals surface area contributed by atoms with E-state index in [1.54, 1.807) is 19.1 Å². The van der Waals surface area contributed by atoms with Gasteiger partial charge in [0, 0.05) is 6.07 Å². The first-order valence-corrected chi connectivity index (χ1v) is 9.24. The number of ether oxygens (including phenoxy) is 2. The van der Waals surface area contributed by atoms with Crippen molar-refractivity contribution >= 4 is 27.7 Å². The molecule has 2 aromatic carbocycles. The van der Waals surface area contributed by atoms with Crippen molar-refractivity contribution in [2.24, 2.45) is 0 Å². The SMILES string of the molecule is COC(=O)c1ccccc1S(=O)(=O)Oc1cc(C)cc(OCCCl)c1. The van der Waals surface area contributed by atoms with Crippen LogP contribution in [0.2, 0.25) is 0 Å². The number of hydrogen-bond donors (Lipinski definition) is 0. The first-order valence-electron chi connectivity index (χ1n) is 7.29. The van der Waals surface area contributed by atoms with Crippen molar-refractivity contribution in [3.63, 3.8) is 0 Å². The van der Waals surface area contributed by atoms with Crippen molar-refractivity contribution in [3.8, 4) is 11.5 Å². The first kappa shape index (κ1) is 19.1. The summed E-state index contributed by atoms with van der Waals surface area (Å²) in [7, 11) is -3.06. The van der Waals surface area contributed by atoms with Crippen LogP contribution in [0.4, 0.5) is 0 Å². The maximum Gasteiger partial charge on any atom is 0.340 e. The average molecular weight is 385 g/mol. The monoisotopic (exact) mass is 384 g/mol. The minimum atomic E-state index is -4.24. The fourth-order valence-electron chi connectivity index (χ4n) is 2.14. The number of hydrogen-bond acceptors (Lipinski definition) is 6. The largest absolute Gasteiger partial charge is 0.492 e. The second-order valence-corrected chi connectivity index (χ2v) is 6.94. The van der Waals surface area contributed by atoms with Crippen LogP contribution in [0.15, 0.2) is 47.4 Å². The third-order valence-electron chi connectivity index (χ3n) is 3.14. The average Bonchev–Trinajstić information content (AvgIpc) is 2.58. The molecular formula is C17H17ClO6S. The van der Waals surface area contributed by atoms with E-state index < -0.39 is 16.1 Å². The second kappa shape index (κ2) is 8.22. The number of carbonyl (C=O) groups excluding carboxylic acids is 1. The van der Waals surface area contributed by atoms with Gasteiger partial charge in [0.05, 0.1) is 18.6 Å². The highest BCUT2D eigenvalue weighted by Gasteiger charge is 2.25. The summed E-state index contributed by atoms with van der Waals surface area (Å²) in [5, 5.41) is 0. The van der Waals surface area contributed by atoms with Gasteiger partial charge >= 0.3 is 16.1 Å². The molecule has 2 aromatic rings. The highest BCUT2D eigenvalue weighted by atomic mass is 35.5. The van der Waals surface area contributed by atoms with Crippen LogP contribution in [0.5, 0.6) is 11.5 Å². The van der Waals surface area contributed by atoms with Crippen LogP contribution in [0, 0.1) is 6.92 Å². The lowest BCUT2D eigenvalue weighted by Gasteiger charge is -2.12. The van der Waals surface area contributed by atoms with Gasteiger partial charge in [0.15, 0.2) is 0 Å². The normalized spacial score (nSPS) is 11.0. The third-order valence-corrected chi connectivity index (χ3v) is 4.60. The zero-order valence-corrected chi connectivity index (χ0v) is 15.3. The van der Waals surface area contributed by atoms with Crippen molar-refractivity contribution in [2.45, 2.75) is 11.8 Å². The second-order valence-electron chi connectivity index (χ2n) is 5.04. The lowest BCUT2D eigenvalue weighted by atomic mass is 10.2. The molecule has 0 N–H and O–H groups in total. The lowest BCUT2D eigenvalue weighted by molar-refractivity contribution is 0.0596. The van der Waals surface area contributed by atoms with E-state index in [1.807, 2.05) is 0 Å². The minimum absolute atomic E-state index is 0.0734. The van der Waals surface area contributed by atoms with Gasteiger partial charge in [0.1, 0.15) is 23.0 Å². The van der Waals surface area contributed by atoms with Gasteiger partial charge in [-0.25, -0.2) is 4.79 Å². The van der Waals surface area contributed by atoms with Crippen molar-refractivity contribution in [3.05, 3.63) is 53.6 Å². The van der Waals surface area contributed by atoms with Crippen LogP contribution in [0.25, 0.3) is 0 Å². The smallest absolute Gasteiger partial charge is 0.340 e. The van der Waals surface area contributed by atoms with E-state index in [1.165, 1.54) is 37.4 Å². The van der Waals surface area contributed by atoms with Crippen LogP contribution in [-0.4, -0.2) is 34.0 Å². The highest BCUT2D eigenvalue weighted by molar-refractivity contribution is 7.87. The maximum atomic E-state index is 12.6. The van der Waals surface area contributed by atoms with Gasteiger partial charge in [-0.15, -0.1) is 11.6 Å². The molecule has 134 valence electrons. The highest BCUT2D eigenvalue weighted by Crippen LogP contribution is 2.27. The van der Waals surface area contributed by atoms with Gasteiger partial charge in [-0.05, 0) is 36.8 Å². The molecule has 0 heterocycles. The zero-order valence-electron chi connectivity index (χ0n) is 13.7. The van der Waals surface area contributed by atoms with E-state index in [9.17, 15) is 13.2 Å². The molecule has 6 nitrogen and oxygen atoms in total. The number of methoxy groups -OCH3 is 1. The predicted octanol–water partition coefficient (Wildman–Crippen LogP) is 3.17. The number of rotatable bonds is 7. The molecular weight excluding hydrogens is 368 g/mol. The Labute approximate surface area is 151 Å². The van der Waals surface area contributed by atoms with E-state index >= 15 is 0 Å². The summed E-state index contributed by atoms with van der Waals surface area (Å²) in [4.78, 5) is 11.5. The van der Waals surface area contributed by atoms with Crippen molar-refractivity contribution in [1.82, 2.24) is 0 Å². The maximum absolute atomic E-state index is 12.6. The molecule has 0 spiro atoms. The first-order chi connectivity index (χ1) is 11.9. The van der Waals surface area contributed by atoms with E-state index in [4.69, 9.17) is 20.5 Å². The Morgan fingerprint density at radius 3 is 2.48 bits per heavy atom. The number of benzene rings is 2. The summed E-state index contributed by atoms with van der Waals surface area (Å²) in [5.41, 5.74) is 0.648. The Hall–Kier alpha value is -2.25. The molecule has 0 fully saturated rings. The molecule has 0 radical (unpaired) electrons. The number of halogens is 1. The minimum Gasteiger partial charge on any atom is -0.492 e. The molecule has 0 saturated carbocycles. The topological polar surface area (TPSA) is 78.9 Å². The molecule has 0 aromatic heterocycles. The van der Waals surface area contributed by atoms with Crippen LogP contribution >= 0.6 is 11.6 Å². The number of aryl methyl sites for hydroxylation is 1. The Kier molecular flexibility index (Phi) is 6.27. The zero-order chi connectivity index (χ0) is 18.4. The van der Waals surface area contributed by atoms with Crippen LogP contribution in [-0.2, 0) is 14.9 Å². The van der Waals surface area contributed by atoms with Crippen molar-refractivity contribution < 1.29 is 26.9 Å². The Balaban J connectivity index is 2.37. The van der Waals surface area contributed by atoms with Gasteiger partial charge in [0.25, 0.3) is 0 Å². The van der Waals surface area contributed by atoms with E-state index in [2.05, 4.69) is 4.74 Å². The Morgan fingerprint density at radius 2 is 1.80 bits per heavy atom. The Morgan fingerprint density at radius 1 is 1.12 bits per heavy atom. The summed E-state index contributed by atoms with van der Waals surface area (Å²) in [6, 6.07) is 10.4. The van der Waals surface area contributed by atoms with Gasteiger partial charge in [-0.1, -0.05) is 12.1 Å². The molecule has 0 atom stereocenters. The van der Waals surface area contributed by atoms with Crippen LogP contribution in [0.1, 0.15) is 15.9 Å². The molecule has 0 aliphatic carbocycles. The third kappa shape index (κ3) is 4.87. The van der Waals surface area contributed by atoms with E-state index in [-0.39, 0.29) is 22.8 Å². The summed E-state index contributed by atoms with van der Waals surface area (Å²) >= 11 is 5.58. The molecule has 2 rings (SSSR count). The molecule has 0 aliphatic heterocycles.